The number of rotatable bonds is 4. The van der Waals surface area contributed by atoms with E-state index in [4.69, 9.17) is 9.47 Å². The molecule has 1 heterocycles. The lowest BCUT2D eigenvalue weighted by Gasteiger charge is -2.22. The molecule has 1 amide bonds. The van der Waals surface area contributed by atoms with Crippen LogP contribution in [0.2, 0.25) is 0 Å². The summed E-state index contributed by atoms with van der Waals surface area (Å²) in [7, 11) is 0. The second kappa shape index (κ2) is 4.75. The first-order valence-corrected chi connectivity index (χ1v) is 5.09. The molecule has 1 rings (SSSR count). The Hall–Kier alpha value is -0.610. The Kier molecular flexibility index (Phi) is 3.89. The fourth-order valence-corrected chi connectivity index (χ4v) is 1.32. The maximum absolute atomic E-state index is 11.2. The Morgan fingerprint density at radius 1 is 1.43 bits per heavy atom. The van der Waals surface area contributed by atoms with Crippen molar-refractivity contribution in [3.63, 3.8) is 0 Å². The summed E-state index contributed by atoms with van der Waals surface area (Å²) in [5.41, 5.74) is 0. The molecule has 4 nitrogen and oxygen atoms in total. The molecule has 1 N–H and O–H groups in total. The second-order valence-corrected chi connectivity index (χ2v) is 4.03. The van der Waals surface area contributed by atoms with Crippen molar-refractivity contribution >= 4 is 5.91 Å². The molecule has 0 bridgehead atoms. The van der Waals surface area contributed by atoms with E-state index < -0.39 is 5.79 Å². The molecule has 0 aromatic carbocycles. The Morgan fingerprint density at radius 3 is 2.50 bits per heavy atom. The topological polar surface area (TPSA) is 47.6 Å². The summed E-state index contributed by atoms with van der Waals surface area (Å²) in [6, 6.07) is 0. The van der Waals surface area contributed by atoms with Gasteiger partial charge in [-0.25, -0.2) is 0 Å². The van der Waals surface area contributed by atoms with Crippen LogP contribution in [-0.4, -0.2) is 31.5 Å². The minimum atomic E-state index is -0.496. The van der Waals surface area contributed by atoms with Gasteiger partial charge in [-0.05, 0) is 6.92 Å². The Bertz CT molecular complexity index is 198. The highest BCUT2D eigenvalue weighted by Crippen LogP contribution is 2.21. The molecular formula is C10H19NO3. The van der Waals surface area contributed by atoms with Gasteiger partial charge < -0.3 is 14.8 Å². The fourth-order valence-electron chi connectivity index (χ4n) is 1.32. The maximum Gasteiger partial charge on any atom is 0.222 e. The van der Waals surface area contributed by atoms with Gasteiger partial charge in [-0.2, -0.15) is 0 Å². The minimum Gasteiger partial charge on any atom is -0.356 e. The third-order valence-corrected chi connectivity index (χ3v) is 2.30. The molecule has 0 atom stereocenters. The normalized spacial score (nSPS) is 20.0. The highest BCUT2D eigenvalue weighted by molar-refractivity contribution is 5.77. The van der Waals surface area contributed by atoms with E-state index >= 15 is 0 Å². The summed E-state index contributed by atoms with van der Waals surface area (Å²) < 4.78 is 10.8. The Morgan fingerprint density at radius 2 is 2.00 bits per heavy atom. The smallest absolute Gasteiger partial charge is 0.222 e. The van der Waals surface area contributed by atoms with Gasteiger partial charge in [0.15, 0.2) is 5.79 Å². The van der Waals surface area contributed by atoms with E-state index in [0.29, 0.717) is 26.2 Å². The van der Waals surface area contributed by atoms with Crippen molar-refractivity contribution in [2.24, 2.45) is 5.92 Å². The molecule has 0 saturated carbocycles. The van der Waals surface area contributed by atoms with Crippen LogP contribution in [-0.2, 0) is 14.3 Å². The van der Waals surface area contributed by atoms with Crippen LogP contribution in [0.1, 0.15) is 27.2 Å². The molecule has 0 unspecified atom stereocenters. The number of ether oxygens (including phenoxy) is 2. The van der Waals surface area contributed by atoms with Crippen LogP contribution < -0.4 is 5.32 Å². The predicted molar refractivity (Wildman–Crippen MR) is 52.8 cm³/mol. The number of amides is 1. The van der Waals surface area contributed by atoms with Gasteiger partial charge in [0, 0.05) is 18.9 Å². The van der Waals surface area contributed by atoms with Crippen molar-refractivity contribution in [2.45, 2.75) is 33.0 Å². The van der Waals surface area contributed by atoms with Crippen molar-refractivity contribution < 1.29 is 14.3 Å². The highest BCUT2D eigenvalue weighted by atomic mass is 16.7. The van der Waals surface area contributed by atoms with Crippen LogP contribution in [0.4, 0.5) is 0 Å². The fraction of sp³-hybridized carbons (Fsp3) is 0.900. The van der Waals surface area contributed by atoms with Crippen LogP contribution in [0.25, 0.3) is 0 Å². The predicted octanol–water partition coefficient (Wildman–Crippen LogP) is 0.912. The van der Waals surface area contributed by atoms with Gasteiger partial charge in [-0.1, -0.05) is 13.8 Å². The summed E-state index contributed by atoms with van der Waals surface area (Å²) in [6.07, 6.45) is 0.700. The van der Waals surface area contributed by atoms with E-state index in [1.807, 2.05) is 20.8 Å². The van der Waals surface area contributed by atoms with Crippen LogP contribution >= 0.6 is 0 Å². The van der Waals surface area contributed by atoms with E-state index in [9.17, 15) is 4.79 Å². The first-order chi connectivity index (χ1) is 6.53. The number of carbonyl (C=O) groups is 1. The van der Waals surface area contributed by atoms with Crippen LogP contribution in [0, 0.1) is 5.92 Å². The molecule has 82 valence electrons. The lowest BCUT2D eigenvalue weighted by molar-refractivity contribution is -0.146. The van der Waals surface area contributed by atoms with Crippen LogP contribution in [0.5, 0.6) is 0 Å². The second-order valence-electron chi connectivity index (χ2n) is 4.03. The monoisotopic (exact) mass is 201 g/mol. The molecule has 1 aliphatic rings. The lowest BCUT2D eigenvalue weighted by atomic mass is 10.2. The minimum absolute atomic E-state index is 0.0354. The first kappa shape index (κ1) is 11.5. The number of carbonyl (C=O) groups excluding carboxylic acids is 1. The number of hydrogen-bond acceptors (Lipinski definition) is 3. The number of nitrogens with one attached hydrogen (secondary N) is 1. The van der Waals surface area contributed by atoms with Gasteiger partial charge in [-0.15, -0.1) is 0 Å². The molecule has 4 heteroatoms. The summed E-state index contributed by atoms with van der Waals surface area (Å²) in [6.45, 7) is 7.55. The van der Waals surface area contributed by atoms with Crippen molar-refractivity contribution in [1.29, 1.82) is 0 Å². The third kappa shape index (κ3) is 3.27. The van der Waals surface area contributed by atoms with Gasteiger partial charge in [0.2, 0.25) is 5.91 Å². The third-order valence-electron chi connectivity index (χ3n) is 2.30. The molecule has 1 saturated heterocycles. The number of hydrogen-bond donors (Lipinski definition) is 1. The van der Waals surface area contributed by atoms with Crippen molar-refractivity contribution in [3.8, 4) is 0 Å². The summed E-state index contributed by atoms with van der Waals surface area (Å²) in [5, 5.41) is 2.84. The molecule has 1 fully saturated rings. The standard InChI is InChI=1S/C10H19NO3/c1-8(2)9(12)11-5-4-10(3)13-6-7-14-10/h8H,4-7H2,1-3H3,(H,11,12). The average molecular weight is 201 g/mol. The first-order valence-electron chi connectivity index (χ1n) is 5.09. The van der Waals surface area contributed by atoms with E-state index in [0.717, 1.165) is 0 Å². The highest BCUT2D eigenvalue weighted by Gasteiger charge is 2.30. The molecular weight excluding hydrogens is 182 g/mol. The van der Waals surface area contributed by atoms with Crippen LogP contribution in [0.15, 0.2) is 0 Å². The van der Waals surface area contributed by atoms with E-state index in [1.54, 1.807) is 0 Å². The summed E-state index contributed by atoms with van der Waals surface area (Å²) >= 11 is 0. The average Bonchev–Trinajstić information content (AvgIpc) is 2.52. The zero-order valence-electron chi connectivity index (χ0n) is 9.13. The molecule has 0 aromatic rings. The molecule has 0 radical (unpaired) electrons. The van der Waals surface area contributed by atoms with Crippen molar-refractivity contribution in [2.75, 3.05) is 19.8 Å². The van der Waals surface area contributed by atoms with Gasteiger partial charge in [-0.3, -0.25) is 4.79 Å². The largest absolute Gasteiger partial charge is 0.356 e. The van der Waals surface area contributed by atoms with Gasteiger partial charge in [0.1, 0.15) is 0 Å². The summed E-state index contributed by atoms with van der Waals surface area (Å²) in [5.74, 6) is -0.385. The maximum atomic E-state index is 11.2. The quantitative estimate of drug-likeness (QED) is 0.735. The van der Waals surface area contributed by atoms with Gasteiger partial charge >= 0.3 is 0 Å². The van der Waals surface area contributed by atoms with E-state index in [-0.39, 0.29) is 11.8 Å². The van der Waals surface area contributed by atoms with E-state index in [2.05, 4.69) is 5.32 Å². The zero-order valence-corrected chi connectivity index (χ0v) is 9.13. The van der Waals surface area contributed by atoms with Gasteiger partial charge in [0.05, 0.1) is 13.2 Å². The van der Waals surface area contributed by atoms with E-state index in [1.165, 1.54) is 0 Å². The summed E-state index contributed by atoms with van der Waals surface area (Å²) in [4.78, 5) is 11.2. The van der Waals surface area contributed by atoms with Crippen molar-refractivity contribution in [1.82, 2.24) is 5.32 Å². The van der Waals surface area contributed by atoms with Crippen molar-refractivity contribution in [3.05, 3.63) is 0 Å². The molecule has 0 aliphatic carbocycles. The Balaban J connectivity index is 2.17. The lowest BCUT2D eigenvalue weighted by Crippen LogP contribution is -2.35. The van der Waals surface area contributed by atoms with Gasteiger partial charge in [0.25, 0.3) is 0 Å². The Labute approximate surface area is 85.0 Å². The SMILES string of the molecule is CC(C)C(=O)NCCC1(C)OCCO1. The molecule has 0 aromatic heterocycles. The molecule has 14 heavy (non-hydrogen) atoms. The molecule has 1 aliphatic heterocycles. The molecule has 0 spiro atoms. The zero-order chi connectivity index (χ0) is 10.6. The van der Waals surface area contributed by atoms with Crippen LogP contribution in [0.3, 0.4) is 0 Å².